The molecule has 0 aliphatic heterocycles. The van der Waals surface area contributed by atoms with Crippen molar-refractivity contribution in [2.24, 2.45) is 11.1 Å². The van der Waals surface area contributed by atoms with E-state index in [4.69, 9.17) is 10.7 Å². The van der Waals surface area contributed by atoms with Crippen LogP contribution in [0.15, 0.2) is 12.1 Å². The Morgan fingerprint density at radius 1 is 1.14 bits per heavy atom. The maximum Gasteiger partial charge on any atom is 0.124 e. The van der Waals surface area contributed by atoms with Crippen LogP contribution in [0.1, 0.15) is 53.6 Å². The second-order valence-corrected chi connectivity index (χ2v) is 8.26. The molecule has 0 amide bonds. The average molecular weight is 300 g/mol. The normalized spacial score (nSPS) is 20.4. The quantitative estimate of drug-likeness (QED) is 0.828. The van der Waals surface area contributed by atoms with E-state index in [-0.39, 0.29) is 11.5 Å². The summed E-state index contributed by atoms with van der Waals surface area (Å²) in [6.45, 7) is 11.1. The lowest BCUT2D eigenvalue weighted by Gasteiger charge is -2.32. The first-order valence-electron chi connectivity index (χ1n) is 7.60. The fourth-order valence-electron chi connectivity index (χ4n) is 3.30. The number of nitrogens with zero attached hydrogens (tertiary/aromatic N) is 1. The molecule has 0 radical (unpaired) electrons. The Morgan fingerprint density at radius 2 is 1.81 bits per heavy atom. The number of fused-ring (bicyclic) bond motifs is 1. The van der Waals surface area contributed by atoms with Gasteiger partial charge in [0.2, 0.25) is 0 Å². The molecule has 112 valence electrons. The highest BCUT2D eigenvalue weighted by Gasteiger charge is 2.33. The van der Waals surface area contributed by atoms with Crippen LogP contribution in [0.2, 0.25) is 0 Å². The van der Waals surface area contributed by atoms with Gasteiger partial charge in [0, 0.05) is 16.5 Å². The predicted octanol–water partition coefficient (Wildman–Crippen LogP) is 4.71. The van der Waals surface area contributed by atoms with E-state index >= 15 is 0 Å². The number of rotatable bonds is 1. The molecular weight excluding hydrogens is 276 g/mol. The molecule has 2 nitrogen and oxygen atoms in total. The second-order valence-electron chi connectivity index (χ2n) is 7.23. The molecule has 0 saturated carbocycles. The van der Waals surface area contributed by atoms with Crippen molar-refractivity contribution >= 4 is 11.3 Å². The van der Waals surface area contributed by atoms with Crippen LogP contribution < -0.4 is 5.73 Å². The number of nitrogens with two attached hydrogens (primary N) is 1. The molecule has 1 atom stereocenters. The van der Waals surface area contributed by atoms with Crippen molar-refractivity contribution in [1.82, 2.24) is 4.98 Å². The van der Waals surface area contributed by atoms with Crippen LogP contribution in [0.4, 0.5) is 0 Å². The van der Waals surface area contributed by atoms with Gasteiger partial charge >= 0.3 is 0 Å². The summed E-state index contributed by atoms with van der Waals surface area (Å²) in [5, 5.41) is 1.13. The minimum Gasteiger partial charge on any atom is -0.323 e. The van der Waals surface area contributed by atoms with Crippen LogP contribution in [-0.2, 0) is 6.42 Å². The maximum atomic E-state index is 6.38. The molecule has 1 aliphatic carbocycles. The summed E-state index contributed by atoms with van der Waals surface area (Å²) in [5.74, 6) is 0. The van der Waals surface area contributed by atoms with Crippen LogP contribution in [0.5, 0.6) is 0 Å². The van der Waals surface area contributed by atoms with E-state index < -0.39 is 0 Å². The summed E-state index contributed by atoms with van der Waals surface area (Å²) >= 11 is 1.79. The first-order valence-corrected chi connectivity index (χ1v) is 8.42. The Hall–Kier alpha value is -1.19. The van der Waals surface area contributed by atoms with E-state index in [0.717, 1.165) is 17.8 Å². The minimum atomic E-state index is 0.141. The first kappa shape index (κ1) is 14.7. The van der Waals surface area contributed by atoms with Crippen LogP contribution in [0.25, 0.3) is 10.6 Å². The van der Waals surface area contributed by atoms with Gasteiger partial charge in [0.15, 0.2) is 0 Å². The average Bonchev–Trinajstić information content (AvgIpc) is 2.76. The van der Waals surface area contributed by atoms with Crippen molar-refractivity contribution in [3.8, 4) is 10.6 Å². The molecule has 0 fully saturated rings. The molecule has 3 rings (SSSR count). The lowest BCUT2D eigenvalue weighted by atomic mass is 9.77. The molecule has 1 aliphatic rings. The third kappa shape index (κ3) is 2.65. The van der Waals surface area contributed by atoms with Gasteiger partial charge in [-0.15, -0.1) is 11.3 Å². The molecular formula is C18H24N2S. The van der Waals surface area contributed by atoms with Crippen molar-refractivity contribution in [1.29, 1.82) is 0 Å². The number of aromatic nitrogens is 1. The summed E-state index contributed by atoms with van der Waals surface area (Å²) in [4.78, 5) is 6.23. The van der Waals surface area contributed by atoms with Crippen molar-refractivity contribution in [3.05, 3.63) is 39.4 Å². The summed E-state index contributed by atoms with van der Waals surface area (Å²) in [6.07, 6.45) is 2.09. The molecule has 1 heterocycles. The highest BCUT2D eigenvalue weighted by Crippen LogP contribution is 2.44. The molecule has 0 spiro atoms. The van der Waals surface area contributed by atoms with Gasteiger partial charge in [-0.05, 0) is 61.8 Å². The highest BCUT2D eigenvalue weighted by atomic mass is 32.1. The summed E-state index contributed by atoms with van der Waals surface area (Å²) in [5.41, 5.74) is 13.1. The lowest BCUT2D eigenvalue weighted by Crippen LogP contribution is -2.28. The fourth-order valence-corrected chi connectivity index (χ4v) is 4.46. The number of thiazole rings is 1. The van der Waals surface area contributed by atoms with Gasteiger partial charge in [0.1, 0.15) is 5.01 Å². The predicted molar refractivity (Wildman–Crippen MR) is 90.8 cm³/mol. The van der Waals surface area contributed by atoms with E-state index in [0.29, 0.717) is 0 Å². The van der Waals surface area contributed by atoms with Gasteiger partial charge in [0.05, 0.1) is 5.69 Å². The van der Waals surface area contributed by atoms with Crippen molar-refractivity contribution in [3.63, 3.8) is 0 Å². The third-order valence-electron chi connectivity index (χ3n) is 4.55. The largest absolute Gasteiger partial charge is 0.323 e. The topological polar surface area (TPSA) is 38.9 Å². The van der Waals surface area contributed by atoms with Gasteiger partial charge in [-0.25, -0.2) is 4.98 Å². The van der Waals surface area contributed by atoms with Gasteiger partial charge in [-0.1, -0.05) is 19.9 Å². The van der Waals surface area contributed by atoms with E-state index in [1.165, 1.54) is 32.8 Å². The van der Waals surface area contributed by atoms with Gasteiger partial charge in [-0.2, -0.15) is 0 Å². The smallest absolute Gasteiger partial charge is 0.124 e. The molecule has 1 aromatic carbocycles. The van der Waals surface area contributed by atoms with E-state index in [1.54, 1.807) is 11.3 Å². The molecule has 1 aromatic heterocycles. The summed E-state index contributed by atoms with van der Waals surface area (Å²) < 4.78 is 0. The maximum absolute atomic E-state index is 6.38. The number of benzene rings is 1. The molecule has 21 heavy (non-hydrogen) atoms. The standard InChI is InChI=1S/C18H24N2S/c1-10-6-12(3)13(7-11(10)2)17-20-15-9-18(4,5)8-14(19)16(15)21-17/h6-7,14H,8-9,19H2,1-5H3. The monoisotopic (exact) mass is 300 g/mol. The van der Waals surface area contributed by atoms with E-state index in [2.05, 4.69) is 46.8 Å². The number of aryl methyl sites for hydroxylation is 3. The number of hydrogen-bond acceptors (Lipinski definition) is 3. The summed E-state index contributed by atoms with van der Waals surface area (Å²) in [7, 11) is 0. The third-order valence-corrected chi connectivity index (χ3v) is 5.82. The molecule has 3 heteroatoms. The van der Waals surface area contributed by atoms with Crippen molar-refractivity contribution < 1.29 is 0 Å². The Labute approximate surface area is 131 Å². The van der Waals surface area contributed by atoms with Crippen molar-refractivity contribution in [2.45, 2.75) is 53.5 Å². The zero-order chi connectivity index (χ0) is 15.4. The number of hydrogen-bond donors (Lipinski definition) is 1. The molecule has 0 saturated heterocycles. The molecule has 1 unspecified atom stereocenters. The first-order chi connectivity index (χ1) is 9.77. The summed E-state index contributed by atoms with van der Waals surface area (Å²) in [6, 6.07) is 4.67. The van der Waals surface area contributed by atoms with Crippen LogP contribution in [0.3, 0.4) is 0 Å². The van der Waals surface area contributed by atoms with Gasteiger partial charge in [0.25, 0.3) is 0 Å². The molecule has 2 aromatic rings. The fraction of sp³-hybridized carbons (Fsp3) is 0.500. The van der Waals surface area contributed by atoms with E-state index in [1.807, 2.05) is 0 Å². The van der Waals surface area contributed by atoms with Crippen LogP contribution in [0, 0.1) is 26.2 Å². The van der Waals surface area contributed by atoms with E-state index in [9.17, 15) is 0 Å². The molecule has 2 N–H and O–H groups in total. The zero-order valence-electron chi connectivity index (χ0n) is 13.6. The second kappa shape index (κ2) is 4.92. The van der Waals surface area contributed by atoms with Crippen molar-refractivity contribution in [2.75, 3.05) is 0 Å². The Morgan fingerprint density at radius 3 is 2.52 bits per heavy atom. The van der Waals surface area contributed by atoms with Crippen LogP contribution >= 0.6 is 11.3 Å². The van der Waals surface area contributed by atoms with Crippen LogP contribution in [-0.4, -0.2) is 4.98 Å². The zero-order valence-corrected chi connectivity index (χ0v) is 14.4. The highest BCUT2D eigenvalue weighted by molar-refractivity contribution is 7.15. The SMILES string of the molecule is Cc1cc(C)c(-c2nc3c(s2)C(N)CC(C)(C)C3)cc1C. The lowest BCUT2D eigenvalue weighted by molar-refractivity contribution is 0.282. The van der Waals surface area contributed by atoms with Gasteiger partial charge < -0.3 is 5.73 Å². The molecule has 0 bridgehead atoms. The Kier molecular flexibility index (Phi) is 3.45. The Balaban J connectivity index is 2.09. The Bertz CT molecular complexity index is 697. The van der Waals surface area contributed by atoms with Gasteiger partial charge in [-0.3, -0.25) is 0 Å². The minimum absolute atomic E-state index is 0.141.